The first-order valence-electron chi connectivity index (χ1n) is 5.71. The van der Waals surface area contributed by atoms with Gasteiger partial charge in [0.05, 0.1) is 12.0 Å². The average Bonchev–Trinajstić information content (AvgIpc) is 2.46. The number of pyridine rings is 1. The Hall–Kier alpha value is -1.85. The molecule has 2 rings (SSSR count). The predicted molar refractivity (Wildman–Crippen MR) is 78.5 cm³/mol. The number of ether oxygens (including phenoxy) is 1. The first kappa shape index (κ1) is 14.6. The summed E-state index contributed by atoms with van der Waals surface area (Å²) in [7, 11) is -2.00. The lowest BCUT2D eigenvalue weighted by Gasteiger charge is -2.02. The quantitative estimate of drug-likeness (QED) is 0.814. The molecule has 6 heteroatoms. The molecule has 0 bridgehead atoms. The Bertz CT molecular complexity index is 724. The van der Waals surface area contributed by atoms with Crippen LogP contribution in [0, 0.1) is 0 Å². The van der Waals surface area contributed by atoms with Gasteiger partial charge < -0.3 is 4.74 Å². The summed E-state index contributed by atoms with van der Waals surface area (Å²) in [4.78, 5) is 4.07. The molecule has 0 atom stereocenters. The number of sulfone groups is 1. The Labute approximate surface area is 122 Å². The van der Waals surface area contributed by atoms with Gasteiger partial charge in [-0.25, -0.2) is 13.4 Å². The van der Waals surface area contributed by atoms with Crippen LogP contribution in [0.25, 0.3) is 6.08 Å². The zero-order chi connectivity index (χ0) is 14.6. The van der Waals surface area contributed by atoms with Crippen LogP contribution in [0.5, 0.6) is 5.75 Å². The van der Waals surface area contributed by atoms with Crippen molar-refractivity contribution in [2.45, 2.75) is 4.90 Å². The SMILES string of the molecule is COc1ccc(S(=O)(=O)/C=C/c2cccnc2Cl)cc1. The van der Waals surface area contributed by atoms with Crippen molar-refractivity contribution in [2.24, 2.45) is 0 Å². The molecule has 20 heavy (non-hydrogen) atoms. The topological polar surface area (TPSA) is 56.3 Å². The molecule has 104 valence electrons. The van der Waals surface area contributed by atoms with Gasteiger partial charge in [-0.15, -0.1) is 0 Å². The van der Waals surface area contributed by atoms with E-state index in [1.165, 1.54) is 31.5 Å². The van der Waals surface area contributed by atoms with Crippen molar-refractivity contribution < 1.29 is 13.2 Å². The lowest BCUT2D eigenvalue weighted by atomic mass is 10.3. The fourth-order valence-electron chi connectivity index (χ4n) is 1.53. The van der Waals surface area contributed by atoms with Gasteiger partial charge in [-0.2, -0.15) is 0 Å². The number of rotatable bonds is 4. The minimum absolute atomic E-state index is 0.189. The maximum absolute atomic E-state index is 12.1. The van der Waals surface area contributed by atoms with Gasteiger partial charge in [-0.05, 0) is 36.4 Å². The highest BCUT2D eigenvalue weighted by atomic mass is 35.5. The van der Waals surface area contributed by atoms with Crippen LogP contribution in [0.2, 0.25) is 5.15 Å². The Morgan fingerprint density at radius 1 is 1.20 bits per heavy atom. The Morgan fingerprint density at radius 2 is 1.90 bits per heavy atom. The summed E-state index contributed by atoms with van der Waals surface area (Å²) >= 11 is 5.86. The predicted octanol–water partition coefficient (Wildman–Crippen LogP) is 3.19. The molecule has 1 aromatic carbocycles. The summed E-state index contributed by atoms with van der Waals surface area (Å²) in [6.07, 6.45) is 2.96. The van der Waals surface area contributed by atoms with Gasteiger partial charge >= 0.3 is 0 Å². The number of aromatic nitrogens is 1. The zero-order valence-corrected chi connectivity index (χ0v) is 12.2. The molecule has 0 fully saturated rings. The molecule has 0 aliphatic heterocycles. The van der Waals surface area contributed by atoms with Crippen LogP contribution in [-0.4, -0.2) is 20.5 Å². The Balaban J connectivity index is 2.29. The molecule has 1 heterocycles. The highest BCUT2D eigenvalue weighted by Crippen LogP contribution is 2.19. The highest BCUT2D eigenvalue weighted by molar-refractivity contribution is 7.94. The van der Waals surface area contributed by atoms with E-state index < -0.39 is 9.84 Å². The van der Waals surface area contributed by atoms with Crippen molar-refractivity contribution in [1.29, 1.82) is 0 Å². The van der Waals surface area contributed by atoms with Crippen LogP contribution < -0.4 is 4.74 Å². The van der Waals surface area contributed by atoms with Crippen molar-refractivity contribution in [2.75, 3.05) is 7.11 Å². The van der Waals surface area contributed by atoms with Gasteiger partial charge in [-0.1, -0.05) is 17.7 Å². The molecule has 0 N–H and O–H groups in total. The second-order valence-corrected chi connectivity index (χ2v) is 6.10. The number of hydrogen-bond donors (Lipinski definition) is 0. The van der Waals surface area contributed by atoms with Crippen molar-refractivity contribution in [3.63, 3.8) is 0 Å². The van der Waals surface area contributed by atoms with Crippen LogP contribution in [0.3, 0.4) is 0 Å². The molecule has 2 aromatic rings. The van der Waals surface area contributed by atoms with Crippen LogP contribution in [0.15, 0.2) is 52.9 Å². The van der Waals surface area contributed by atoms with Gasteiger partial charge in [0.25, 0.3) is 0 Å². The van der Waals surface area contributed by atoms with E-state index in [-0.39, 0.29) is 10.0 Å². The molecule has 0 saturated carbocycles. The molecule has 0 radical (unpaired) electrons. The summed E-state index contributed by atoms with van der Waals surface area (Å²) in [6, 6.07) is 9.54. The zero-order valence-electron chi connectivity index (χ0n) is 10.7. The molecule has 0 saturated heterocycles. The van der Waals surface area contributed by atoms with Gasteiger partial charge in [0.1, 0.15) is 10.9 Å². The molecular weight excluding hydrogens is 298 g/mol. The lowest BCUT2D eigenvalue weighted by molar-refractivity contribution is 0.414. The molecule has 0 amide bonds. The summed E-state index contributed by atoms with van der Waals surface area (Å²) < 4.78 is 29.2. The standard InChI is InChI=1S/C14H12ClNO3S/c1-19-12-4-6-13(7-5-12)20(17,18)10-8-11-3-2-9-16-14(11)15/h2-10H,1H3/b10-8+. The van der Waals surface area contributed by atoms with Crippen LogP contribution in [0.4, 0.5) is 0 Å². The average molecular weight is 310 g/mol. The molecule has 0 aliphatic carbocycles. The number of nitrogens with zero attached hydrogens (tertiary/aromatic N) is 1. The number of hydrogen-bond acceptors (Lipinski definition) is 4. The fourth-order valence-corrected chi connectivity index (χ4v) is 2.71. The third-order valence-electron chi connectivity index (χ3n) is 2.60. The van der Waals surface area contributed by atoms with Crippen LogP contribution >= 0.6 is 11.6 Å². The van der Waals surface area contributed by atoms with Crippen LogP contribution in [-0.2, 0) is 9.84 Å². The maximum atomic E-state index is 12.1. The Morgan fingerprint density at radius 3 is 2.50 bits per heavy atom. The molecular formula is C14H12ClNO3S. The van der Waals surface area contributed by atoms with Gasteiger partial charge in [-0.3, -0.25) is 0 Å². The number of benzene rings is 1. The van der Waals surface area contributed by atoms with Crippen molar-refractivity contribution in [3.05, 3.63) is 58.7 Å². The van der Waals surface area contributed by atoms with E-state index in [1.54, 1.807) is 24.3 Å². The van der Waals surface area contributed by atoms with Crippen molar-refractivity contribution in [1.82, 2.24) is 4.98 Å². The molecule has 0 unspecified atom stereocenters. The Kier molecular flexibility index (Phi) is 4.42. The first-order chi connectivity index (χ1) is 9.53. The summed E-state index contributed by atoms with van der Waals surface area (Å²) in [5.74, 6) is 0.600. The van der Waals surface area contributed by atoms with Crippen molar-refractivity contribution in [3.8, 4) is 5.75 Å². The maximum Gasteiger partial charge on any atom is 0.199 e. The fraction of sp³-hybridized carbons (Fsp3) is 0.0714. The minimum atomic E-state index is -3.52. The van der Waals surface area contributed by atoms with E-state index in [4.69, 9.17) is 16.3 Å². The summed E-state index contributed by atoms with van der Waals surface area (Å²) in [6.45, 7) is 0. The highest BCUT2D eigenvalue weighted by Gasteiger charge is 2.10. The van der Waals surface area contributed by atoms with E-state index in [9.17, 15) is 8.42 Å². The van der Waals surface area contributed by atoms with E-state index in [0.717, 1.165) is 5.41 Å². The minimum Gasteiger partial charge on any atom is -0.497 e. The monoisotopic (exact) mass is 309 g/mol. The second kappa shape index (κ2) is 6.07. The molecule has 4 nitrogen and oxygen atoms in total. The van der Waals surface area contributed by atoms with Crippen LogP contribution in [0.1, 0.15) is 5.56 Å². The van der Waals surface area contributed by atoms with Gasteiger partial charge in [0, 0.05) is 17.2 Å². The normalized spacial score (nSPS) is 11.7. The van der Waals surface area contributed by atoms with E-state index in [2.05, 4.69) is 4.98 Å². The smallest absolute Gasteiger partial charge is 0.199 e. The van der Waals surface area contributed by atoms with Crippen molar-refractivity contribution >= 4 is 27.5 Å². The summed E-state index contributed by atoms with van der Waals surface area (Å²) in [5, 5.41) is 1.37. The van der Waals surface area contributed by atoms with E-state index >= 15 is 0 Å². The number of methoxy groups -OCH3 is 1. The van der Waals surface area contributed by atoms with E-state index in [1.807, 2.05) is 0 Å². The molecule has 0 aliphatic rings. The molecule has 0 spiro atoms. The molecule has 1 aromatic heterocycles. The van der Waals surface area contributed by atoms with E-state index in [0.29, 0.717) is 11.3 Å². The van der Waals surface area contributed by atoms with Gasteiger partial charge in [0.15, 0.2) is 9.84 Å². The largest absolute Gasteiger partial charge is 0.497 e. The second-order valence-electron chi connectivity index (χ2n) is 3.91. The third-order valence-corrected chi connectivity index (χ3v) is 4.34. The number of halogens is 1. The lowest BCUT2D eigenvalue weighted by Crippen LogP contribution is -1.96. The van der Waals surface area contributed by atoms with Gasteiger partial charge in [0.2, 0.25) is 0 Å². The third kappa shape index (κ3) is 3.37. The first-order valence-corrected chi connectivity index (χ1v) is 7.63. The summed E-state index contributed by atoms with van der Waals surface area (Å²) in [5.41, 5.74) is 0.547.